The first kappa shape index (κ1) is 19.1. The highest BCUT2D eigenvalue weighted by molar-refractivity contribution is 7.86. The van der Waals surface area contributed by atoms with Gasteiger partial charge in [-0.1, -0.05) is 13.8 Å². The molecule has 23 heavy (non-hydrogen) atoms. The standard InChI is InChI=1S/C16H34N4O2S/c1-3-8-19(9-4-2)23(21,22)20-12-10-18(11-13-20)15-16-6-5-7-17-14-16/h16-17H,3-15H2,1-2H3. The maximum Gasteiger partial charge on any atom is 0.282 e. The molecule has 1 unspecified atom stereocenters. The number of piperazine rings is 1. The van der Waals surface area contributed by atoms with Gasteiger partial charge in [-0.2, -0.15) is 17.0 Å². The number of hydrogen-bond acceptors (Lipinski definition) is 4. The molecule has 1 N–H and O–H groups in total. The summed E-state index contributed by atoms with van der Waals surface area (Å²) in [6.07, 6.45) is 4.30. The van der Waals surface area contributed by atoms with E-state index in [4.69, 9.17) is 0 Å². The average Bonchev–Trinajstić information content (AvgIpc) is 2.56. The molecule has 2 aliphatic rings. The molecule has 136 valence electrons. The molecule has 0 spiro atoms. The fourth-order valence-corrected chi connectivity index (χ4v) is 5.37. The van der Waals surface area contributed by atoms with Gasteiger partial charge >= 0.3 is 0 Å². The smallest absolute Gasteiger partial charge is 0.282 e. The zero-order valence-corrected chi connectivity index (χ0v) is 15.7. The van der Waals surface area contributed by atoms with E-state index in [1.165, 1.54) is 12.8 Å². The van der Waals surface area contributed by atoms with Crippen molar-refractivity contribution in [2.24, 2.45) is 5.92 Å². The molecule has 2 rings (SSSR count). The van der Waals surface area contributed by atoms with Gasteiger partial charge in [0.25, 0.3) is 10.2 Å². The Bertz CT molecular complexity index is 423. The van der Waals surface area contributed by atoms with Crippen LogP contribution in [0.1, 0.15) is 39.5 Å². The molecular formula is C16H34N4O2S. The van der Waals surface area contributed by atoms with Crippen LogP contribution in [0, 0.1) is 5.92 Å². The summed E-state index contributed by atoms with van der Waals surface area (Å²) in [6, 6.07) is 0. The van der Waals surface area contributed by atoms with Crippen LogP contribution < -0.4 is 5.32 Å². The second-order valence-electron chi connectivity index (χ2n) is 6.82. The van der Waals surface area contributed by atoms with E-state index in [1.807, 2.05) is 13.8 Å². The van der Waals surface area contributed by atoms with Gasteiger partial charge in [-0.25, -0.2) is 0 Å². The maximum atomic E-state index is 12.8. The van der Waals surface area contributed by atoms with Crippen LogP contribution >= 0.6 is 0 Å². The van der Waals surface area contributed by atoms with Crippen molar-refractivity contribution >= 4 is 10.2 Å². The molecule has 6 nitrogen and oxygen atoms in total. The molecule has 0 radical (unpaired) electrons. The predicted molar refractivity (Wildman–Crippen MR) is 94.7 cm³/mol. The quantitative estimate of drug-likeness (QED) is 0.712. The average molecular weight is 347 g/mol. The molecule has 0 aromatic carbocycles. The summed E-state index contributed by atoms with van der Waals surface area (Å²) in [4.78, 5) is 2.44. The van der Waals surface area contributed by atoms with Gasteiger partial charge in [0.2, 0.25) is 0 Å². The molecular weight excluding hydrogens is 312 g/mol. The van der Waals surface area contributed by atoms with E-state index in [0.29, 0.717) is 26.2 Å². The predicted octanol–water partition coefficient (Wildman–Crippen LogP) is 0.970. The third-order valence-corrected chi connectivity index (χ3v) is 6.88. The molecule has 0 aliphatic carbocycles. The first-order valence-corrected chi connectivity index (χ1v) is 10.7. The largest absolute Gasteiger partial charge is 0.316 e. The lowest BCUT2D eigenvalue weighted by atomic mass is 9.99. The third kappa shape index (κ3) is 5.39. The zero-order chi connectivity index (χ0) is 16.7. The highest BCUT2D eigenvalue weighted by Gasteiger charge is 2.32. The van der Waals surface area contributed by atoms with Crippen molar-refractivity contribution in [1.29, 1.82) is 0 Å². The van der Waals surface area contributed by atoms with E-state index in [9.17, 15) is 8.42 Å². The van der Waals surface area contributed by atoms with Crippen LogP contribution in [-0.2, 0) is 10.2 Å². The van der Waals surface area contributed by atoms with Crippen LogP contribution in [0.5, 0.6) is 0 Å². The fourth-order valence-electron chi connectivity index (χ4n) is 3.59. The van der Waals surface area contributed by atoms with Crippen molar-refractivity contribution in [2.45, 2.75) is 39.5 Å². The molecule has 2 aliphatic heterocycles. The van der Waals surface area contributed by atoms with Crippen molar-refractivity contribution in [2.75, 3.05) is 58.9 Å². The minimum Gasteiger partial charge on any atom is -0.316 e. The van der Waals surface area contributed by atoms with Crippen LogP contribution in [0.2, 0.25) is 0 Å². The molecule has 1 atom stereocenters. The third-order valence-electron chi connectivity index (χ3n) is 4.85. The molecule has 2 heterocycles. The van der Waals surface area contributed by atoms with E-state index < -0.39 is 10.2 Å². The maximum absolute atomic E-state index is 12.8. The van der Waals surface area contributed by atoms with Gasteiger partial charge in [-0.3, -0.25) is 0 Å². The molecule has 2 fully saturated rings. The normalized spacial score (nSPS) is 25.1. The Morgan fingerprint density at radius 1 is 1.09 bits per heavy atom. The lowest BCUT2D eigenvalue weighted by Gasteiger charge is -2.38. The van der Waals surface area contributed by atoms with Crippen LogP contribution in [-0.4, -0.2) is 80.8 Å². The van der Waals surface area contributed by atoms with Gasteiger partial charge < -0.3 is 10.2 Å². The topological polar surface area (TPSA) is 55.9 Å². The SMILES string of the molecule is CCCN(CCC)S(=O)(=O)N1CCN(CC2CCCNC2)CC1. The molecule has 0 aromatic heterocycles. The van der Waals surface area contributed by atoms with E-state index in [0.717, 1.165) is 51.5 Å². The van der Waals surface area contributed by atoms with Gasteiger partial charge in [0.1, 0.15) is 0 Å². The first-order chi connectivity index (χ1) is 11.1. The lowest BCUT2D eigenvalue weighted by molar-refractivity contribution is 0.149. The van der Waals surface area contributed by atoms with E-state index >= 15 is 0 Å². The Labute approximate surface area is 142 Å². The summed E-state index contributed by atoms with van der Waals surface area (Å²) in [5.41, 5.74) is 0. The van der Waals surface area contributed by atoms with Crippen molar-refractivity contribution in [3.63, 3.8) is 0 Å². The Hall–Kier alpha value is -0.210. The Kier molecular flexibility index (Phi) is 7.75. The minimum atomic E-state index is -3.28. The van der Waals surface area contributed by atoms with Crippen LogP contribution in [0.25, 0.3) is 0 Å². The number of nitrogens with zero attached hydrogens (tertiary/aromatic N) is 3. The molecule has 2 saturated heterocycles. The van der Waals surface area contributed by atoms with Crippen molar-refractivity contribution < 1.29 is 8.42 Å². The van der Waals surface area contributed by atoms with Crippen molar-refractivity contribution in [3.05, 3.63) is 0 Å². The Balaban J connectivity index is 1.84. The second kappa shape index (κ2) is 9.32. The minimum absolute atomic E-state index is 0.629. The van der Waals surface area contributed by atoms with Crippen LogP contribution in [0.15, 0.2) is 0 Å². The summed E-state index contributed by atoms with van der Waals surface area (Å²) in [5.74, 6) is 0.726. The number of nitrogens with one attached hydrogen (secondary N) is 1. The van der Waals surface area contributed by atoms with Crippen molar-refractivity contribution in [3.8, 4) is 0 Å². The Morgan fingerprint density at radius 3 is 2.26 bits per heavy atom. The van der Waals surface area contributed by atoms with Gasteiger partial charge in [0.05, 0.1) is 0 Å². The van der Waals surface area contributed by atoms with Crippen LogP contribution in [0.3, 0.4) is 0 Å². The van der Waals surface area contributed by atoms with E-state index in [2.05, 4.69) is 10.2 Å². The number of rotatable bonds is 8. The first-order valence-electron chi connectivity index (χ1n) is 9.26. The highest BCUT2D eigenvalue weighted by Crippen LogP contribution is 2.16. The van der Waals surface area contributed by atoms with Gasteiger partial charge in [-0.05, 0) is 44.7 Å². The summed E-state index contributed by atoms with van der Waals surface area (Å²) < 4.78 is 28.9. The van der Waals surface area contributed by atoms with Gasteiger partial charge in [-0.15, -0.1) is 0 Å². The second-order valence-corrected chi connectivity index (χ2v) is 8.75. The molecule has 0 bridgehead atoms. The lowest BCUT2D eigenvalue weighted by Crippen LogP contribution is -2.54. The fraction of sp³-hybridized carbons (Fsp3) is 1.00. The van der Waals surface area contributed by atoms with Crippen LogP contribution in [0.4, 0.5) is 0 Å². The van der Waals surface area contributed by atoms with Gasteiger partial charge in [0, 0.05) is 45.8 Å². The molecule has 0 saturated carbocycles. The molecule has 0 amide bonds. The summed E-state index contributed by atoms with van der Waals surface area (Å²) in [6.45, 7) is 11.7. The summed E-state index contributed by atoms with van der Waals surface area (Å²) in [7, 11) is -3.28. The number of hydrogen-bond donors (Lipinski definition) is 1. The van der Waals surface area contributed by atoms with E-state index in [1.54, 1.807) is 8.61 Å². The number of piperidine rings is 1. The highest BCUT2D eigenvalue weighted by atomic mass is 32.2. The Morgan fingerprint density at radius 2 is 1.74 bits per heavy atom. The summed E-state index contributed by atoms with van der Waals surface area (Å²) >= 11 is 0. The van der Waals surface area contributed by atoms with Crippen molar-refractivity contribution in [1.82, 2.24) is 18.8 Å². The zero-order valence-electron chi connectivity index (χ0n) is 14.8. The van der Waals surface area contributed by atoms with Gasteiger partial charge in [0.15, 0.2) is 0 Å². The monoisotopic (exact) mass is 346 g/mol. The summed E-state index contributed by atoms with van der Waals surface area (Å²) in [5, 5.41) is 3.46. The molecule has 7 heteroatoms. The van der Waals surface area contributed by atoms with E-state index in [-0.39, 0.29) is 0 Å². The molecule has 0 aromatic rings.